The van der Waals surface area contributed by atoms with Crippen LogP contribution in [0.2, 0.25) is 0 Å². The third-order valence-corrected chi connectivity index (χ3v) is 7.61. The number of nitrogens with zero attached hydrogens (tertiary/aromatic N) is 3. The van der Waals surface area contributed by atoms with E-state index in [1.165, 1.54) is 16.9 Å². The molecule has 1 saturated heterocycles. The fraction of sp³-hybridized carbons (Fsp3) is 0.308. The van der Waals surface area contributed by atoms with Crippen molar-refractivity contribution in [1.29, 1.82) is 0 Å². The average Bonchev–Trinajstić information content (AvgIpc) is 3.52. The summed E-state index contributed by atoms with van der Waals surface area (Å²) in [4.78, 5) is 26.6. The van der Waals surface area contributed by atoms with Crippen LogP contribution in [0.15, 0.2) is 58.7 Å². The smallest absolute Gasteiger partial charge is 0.260 e. The molecule has 4 heterocycles. The zero-order chi connectivity index (χ0) is 23.1. The monoisotopic (exact) mass is 474 g/mol. The number of hydrogen-bond acceptors (Lipinski definition) is 7. The molecule has 1 fully saturated rings. The molecule has 0 amide bonds. The number of aromatic nitrogens is 2. The SMILES string of the molecule is CC(c1nc2scc(-c3ccccc3)c2c(=O)[nH]1)N1CCN(Cc2ccc3c(c2)OCO3)CC1. The number of piperazine rings is 1. The first-order chi connectivity index (χ1) is 16.7. The molecule has 7 nitrogen and oxygen atoms in total. The largest absolute Gasteiger partial charge is 0.454 e. The Hall–Kier alpha value is -3.20. The number of nitrogens with one attached hydrogen (secondary N) is 1. The van der Waals surface area contributed by atoms with Crippen LogP contribution in [-0.2, 0) is 6.54 Å². The van der Waals surface area contributed by atoms with E-state index < -0.39 is 0 Å². The molecule has 2 aliphatic rings. The average molecular weight is 475 g/mol. The summed E-state index contributed by atoms with van der Waals surface area (Å²) in [5, 5.41) is 2.71. The Bertz CT molecular complexity index is 1380. The maximum atomic E-state index is 13.0. The molecule has 0 aliphatic carbocycles. The van der Waals surface area contributed by atoms with Gasteiger partial charge in [0.2, 0.25) is 6.79 Å². The van der Waals surface area contributed by atoms with E-state index in [1.807, 2.05) is 41.8 Å². The predicted molar refractivity (Wildman–Crippen MR) is 134 cm³/mol. The van der Waals surface area contributed by atoms with Crippen LogP contribution in [0.3, 0.4) is 0 Å². The fourth-order valence-electron chi connectivity index (χ4n) is 4.77. The van der Waals surface area contributed by atoms with E-state index >= 15 is 0 Å². The lowest BCUT2D eigenvalue weighted by Crippen LogP contribution is -2.47. The zero-order valence-corrected chi connectivity index (χ0v) is 19.8. The summed E-state index contributed by atoms with van der Waals surface area (Å²) in [5.74, 6) is 2.39. The Labute approximate surface area is 201 Å². The van der Waals surface area contributed by atoms with Gasteiger partial charge in [-0.2, -0.15) is 0 Å². The van der Waals surface area contributed by atoms with Gasteiger partial charge in [-0.1, -0.05) is 36.4 Å². The van der Waals surface area contributed by atoms with E-state index in [0.717, 1.165) is 66.0 Å². The lowest BCUT2D eigenvalue weighted by molar-refractivity contribution is 0.0948. The minimum Gasteiger partial charge on any atom is -0.454 e. The van der Waals surface area contributed by atoms with Crippen LogP contribution >= 0.6 is 11.3 Å². The van der Waals surface area contributed by atoms with Gasteiger partial charge in [-0.15, -0.1) is 11.3 Å². The number of aromatic amines is 1. The van der Waals surface area contributed by atoms with Gasteiger partial charge in [0.15, 0.2) is 11.5 Å². The molecule has 4 aromatic rings. The van der Waals surface area contributed by atoms with Crippen molar-refractivity contribution in [2.45, 2.75) is 19.5 Å². The van der Waals surface area contributed by atoms with Gasteiger partial charge in [0, 0.05) is 43.7 Å². The quantitative estimate of drug-likeness (QED) is 0.466. The van der Waals surface area contributed by atoms with E-state index in [-0.39, 0.29) is 11.6 Å². The van der Waals surface area contributed by atoms with E-state index in [0.29, 0.717) is 12.2 Å². The number of thiophene rings is 1. The lowest BCUT2D eigenvalue weighted by Gasteiger charge is -2.37. The number of hydrogen-bond donors (Lipinski definition) is 1. The van der Waals surface area contributed by atoms with Gasteiger partial charge in [-0.05, 0) is 30.2 Å². The molecule has 0 radical (unpaired) electrons. The van der Waals surface area contributed by atoms with Crippen molar-refractivity contribution in [3.8, 4) is 22.6 Å². The second-order valence-corrected chi connectivity index (χ2v) is 9.68. The fourth-order valence-corrected chi connectivity index (χ4v) is 5.73. The highest BCUT2D eigenvalue weighted by atomic mass is 32.1. The van der Waals surface area contributed by atoms with Gasteiger partial charge in [0.25, 0.3) is 5.56 Å². The Balaban J connectivity index is 1.14. The number of ether oxygens (including phenoxy) is 2. The van der Waals surface area contributed by atoms with E-state index in [1.54, 1.807) is 0 Å². The summed E-state index contributed by atoms with van der Waals surface area (Å²) < 4.78 is 10.9. The number of benzene rings is 2. The first kappa shape index (κ1) is 21.3. The van der Waals surface area contributed by atoms with Crippen molar-refractivity contribution < 1.29 is 9.47 Å². The van der Waals surface area contributed by atoms with Crippen molar-refractivity contribution in [1.82, 2.24) is 19.8 Å². The molecule has 6 rings (SSSR count). The minimum absolute atomic E-state index is 0.0482. The van der Waals surface area contributed by atoms with Gasteiger partial charge < -0.3 is 14.5 Å². The van der Waals surface area contributed by atoms with Crippen molar-refractivity contribution in [2.24, 2.45) is 0 Å². The van der Waals surface area contributed by atoms with Crippen molar-refractivity contribution in [2.75, 3.05) is 33.0 Å². The number of rotatable bonds is 5. The molecular formula is C26H26N4O3S. The van der Waals surface area contributed by atoms with Crippen LogP contribution < -0.4 is 15.0 Å². The molecule has 174 valence electrons. The van der Waals surface area contributed by atoms with E-state index in [9.17, 15) is 4.79 Å². The molecule has 1 N–H and O–H groups in total. The Morgan fingerprint density at radius 3 is 2.68 bits per heavy atom. The number of fused-ring (bicyclic) bond motifs is 2. The van der Waals surface area contributed by atoms with Gasteiger partial charge in [0.05, 0.1) is 11.4 Å². The van der Waals surface area contributed by atoms with Crippen LogP contribution in [0.4, 0.5) is 0 Å². The highest BCUT2D eigenvalue weighted by Crippen LogP contribution is 2.33. The molecule has 1 atom stereocenters. The summed E-state index contributed by atoms with van der Waals surface area (Å²) in [7, 11) is 0. The second-order valence-electron chi connectivity index (χ2n) is 8.82. The molecule has 2 aliphatic heterocycles. The molecule has 0 spiro atoms. The minimum atomic E-state index is -0.0617. The van der Waals surface area contributed by atoms with Crippen molar-refractivity contribution in [3.63, 3.8) is 0 Å². The summed E-state index contributed by atoms with van der Waals surface area (Å²) in [6, 6.07) is 16.2. The van der Waals surface area contributed by atoms with Gasteiger partial charge >= 0.3 is 0 Å². The summed E-state index contributed by atoms with van der Waals surface area (Å²) >= 11 is 1.53. The molecule has 0 saturated carbocycles. The van der Waals surface area contributed by atoms with Crippen LogP contribution in [-0.4, -0.2) is 52.7 Å². The van der Waals surface area contributed by atoms with Crippen molar-refractivity contribution >= 4 is 21.6 Å². The topological polar surface area (TPSA) is 70.7 Å². The van der Waals surface area contributed by atoms with Crippen LogP contribution in [0.5, 0.6) is 11.5 Å². The third kappa shape index (κ3) is 3.98. The van der Waals surface area contributed by atoms with Gasteiger partial charge in [0.1, 0.15) is 10.7 Å². The van der Waals surface area contributed by atoms with Crippen LogP contribution in [0.1, 0.15) is 24.4 Å². The summed E-state index contributed by atoms with van der Waals surface area (Å²) in [6.07, 6.45) is 0. The predicted octanol–water partition coefficient (Wildman–Crippen LogP) is 4.26. The van der Waals surface area contributed by atoms with E-state index in [2.05, 4.69) is 33.8 Å². The molecule has 1 unspecified atom stereocenters. The molecular weight excluding hydrogens is 448 g/mol. The highest BCUT2D eigenvalue weighted by molar-refractivity contribution is 7.17. The molecule has 34 heavy (non-hydrogen) atoms. The zero-order valence-electron chi connectivity index (χ0n) is 19.0. The first-order valence-electron chi connectivity index (χ1n) is 11.6. The normalized spacial score (nSPS) is 17.3. The first-order valence-corrected chi connectivity index (χ1v) is 12.5. The second kappa shape index (κ2) is 8.87. The summed E-state index contributed by atoms with van der Waals surface area (Å²) in [6.45, 7) is 7.09. The van der Waals surface area contributed by atoms with Gasteiger partial charge in [-0.3, -0.25) is 14.6 Å². The van der Waals surface area contributed by atoms with Crippen molar-refractivity contribution in [3.05, 3.63) is 75.7 Å². The van der Waals surface area contributed by atoms with Crippen LogP contribution in [0.25, 0.3) is 21.3 Å². The molecule has 8 heteroatoms. The highest BCUT2D eigenvalue weighted by Gasteiger charge is 2.25. The maximum Gasteiger partial charge on any atom is 0.260 e. The molecule has 2 aromatic carbocycles. The third-order valence-electron chi connectivity index (χ3n) is 6.74. The van der Waals surface area contributed by atoms with Crippen LogP contribution in [0, 0.1) is 0 Å². The van der Waals surface area contributed by atoms with Gasteiger partial charge in [-0.25, -0.2) is 4.98 Å². The maximum absolute atomic E-state index is 13.0. The Morgan fingerprint density at radius 1 is 1.06 bits per heavy atom. The van der Waals surface area contributed by atoms with E-state index in [4.69, 9.17) is 14.5 Å². The number of H-pyrrole nitrogens is 1. The molecule has 0 bridgehead atoms. The lowest BCUT2D eigenvalue weighted by atomic mass is 10.1. The summed E-state index contributed by atoms with van der Waals surface area (Å²) in [5.41, 5.74) is 3.16. The Kier molecular flexibility index (Phi) is 5.57. The molecule has 2 aromatic heterocycles. The Morgan fingerprint density at radius 2 is 1.85 bits per heavy atom. The standard InChI is InChI=1S/C26H26N4O3S/c1-17(24-27-25(31)23-20(15-34-26(23)28-24)19-5-3-2-4-6-19)30-11-9-29(10-12-30)14-18-7-8-21-22(13-18)33-16-32-21/h2-8,13,15,17H,9-12,14,16H2,1H3,(H,27,28,31).